The van der Waals surface area contributed by atoms with Crippen molar-refractivity contribution in [2.75, 3.05) is 25.5 Å². The van der Waals surface area contributed by atoms with Gasteiger partial charge in [-0.2, -0.15) is 0 Å². The molecule has 0 saturated heterocycles. The van der Waals surface area contributed by atoms with Crippen LogP contribution in [0.4, 0.5) is 19.3 Å². The van der Waals surface area contributed by atoms with Crippen molar-refractivity contribution < 1.29 is 23.4 Å². The molecule has 0 fully saturated rings. The van der Waals surface area contributed by atoms with Crippen molar-refractivity contribution in [1.82, 2.24) is 4.90 Å². The summed E-state index contributed by atoms with van der Waals surface area (Å²) >= 11 is 0. The molecule has 134 valence electrons. The summed E-state index contributed by atoms with van der Waals surface area (Å²) < 4.78 is 31.8. The molecule has 0 aliphatic heterocycles. The van der Waals surface area contributed by atoms with Crippen LogP contribution in [0.2, 0.25) is 0 Å². The van der Waals surface area contributed by atoms with Crippen molar-refractivity contribution in [2.24, 2.45) is 0 Å². The van der Waals surface area contributed by atoms with E-state index in [2.05, 4.69) is 5.32 Å². The second-order valence-electron chi connectivity index (χ2n) is 5.59. The molecule has 2 amide bonds. The first kappa shape index (κ1) is 18.8. The molecule has 0 spiro atoms. The molecule has 2 N–H and O–H groups in total. The topological polar surface area (TPSA) is 61.8 Å². The Morgan fingerprint density at radius 2 is 1.96 bits per heavy atom. The number of carbonyl (C=O) groups is 1. The number of likely N-dealkylation sites (N-methyl/N-ethyl adjacent to an activating group) is 1. The smallest absolute Gasteiger partial charge is 0.321 e. The van der Waals surface area contributed by atoms with Crippen molar-refractivity contribution in [3.63, 3.8) is 0 Å². The molecule has 0 heterocycles. The molecular weight excluding hydrogens is 330 g/mol. The van der Waals surface area contributed by atoms with Crippen LogP contribution in [-0.4, -0.2) is 42.3 Å². The van der Waals surface area contributed by atoms with Gasteiger partial charge in [0.05, 0.1) is 31.5 Å². The molecular formula is C18H20F2N2O3. The van der Waals surface area contributed by atoms with Crippen molar-refractivity contribution in [1.29, 1.82) is 0 Å². The Balaban J connectivity index is 1.75. The molecule has 2 aromatic rings. The molecule has 1 atom stereocenters. The SMILES string of the molecule is CN(CC(O)COCc1ccccc1)C(=O)Nc1ccc(F)cc1F. The fraction of sp³-hybridized carbons (Fsp3) is 0.278. The maximum Gasteiger partial charge on any atom is 0.321 e. The summed E-state index contributed by atoms with van der Waals surface area (Å²) in [5, 5.41) is 12.3. The molecule has 0 aliphatic rings. The largest absolute Gasteiger partial charge is 0.389 e. The summed E-state index contributed by atoms with van der Waals surface area (Å²) in [5.41, 5.74) is 0.848. The van der Waals surface area contributed by atoms with Gasteiger partial charge in [0.15, 0.2) is 0 Å². The van der Waals surface area contributed by atoms with Crippen LogP contribution >= 0.6 is 0 Å². The van der Waals surface area contributed by atoms with E-state index in [9.17, 15) is 18.7 Å². The molecule has 1 unspecified atom stereocenters. The first-order chi connectivity index (χ1) is 12.0. The first-order valence-electron chi connectivity index (χ1n) is 7.72. The predicted octanol–water partition coefficient (Wildman–Crippen LogP) is 3.01. The van der Waals surface area contributed by atoms with E-state index in [1.165, 1.54) is 11.9 Å². The number of urea groups is 1. The second kappa shape index (κ2) is 9.10. The Morgan fingerprint density at radius 1 is 1.24 bits per heavy atom. The number of aliphatic hydroxyl groups excluding tert-OH is 1. The highest BCUT2D eigenvalue weighted by molar-refractivity contribution is 5.89. The van der Waals surface area contributed by atoms with E-state index in [0.717, 1.165) is 17.7 Å². The highest BCUT2D eigenvalue weighted by atomic mass is 19.1. The zero-order valence-corrected chi connectivity index (χ0v) is 13.8. The molecule has 7 heteroatoms. The van der Waals surface area contributed by atoms with Crippen LogP contribution < -0.4 is 5.32 Å². The van der Waals surface area contributed by atoms with E-state index < -0.39 is 23.8 Å². The normalized spacial score (nSPS) is 11.8. The molecule has 25 heavy (non-hydrogen) atoms. The number of nitrogens with one attached hydrogen (secondary N) is 1. The van der Waals surface area contributed by atoms with Crippen LogP contribution in [0.5, 0.6) is 0 Å². The minimum absolute atomic E-state index is 0.00341. The molecule has 0 aliphatic carbocycles. The minimum Gasteiger partial charge on any atom is -0.389 e. The number of aliphatic hydroxyl groups is 1. The van der Waals surface area contributed by atoms with Crippen LogP contribution in [0.3, 0.4) is 0 Å². The van der Waals surface area contributed by atoms with Crippen LogP contribution in [0.25, 0.3) is 0 Å². The molecule has 0 aromatic heterocycles. The maximum absolute atomic E-state index is 13.5. The molecule has 0 saturated carbocycles. The van der Waals surface area contributed by atoms with Gasteiger partial charge in [0.2, 0.25) is 0 Å². The second-order valence-corrected chi connectivity index (χ2v) is 5.59. The van der Waals surface area contributed by atoms with Crippen molar-refractivity contribution >= 4 is 11.7 Å². The number of anilines is 1. The van der Waals surface area contributed by atoms with Gasteiger partial charge in [-0.1, -0.05) is 30.3 Å². The summed E-state index contributed by atoms with van der Waals surface area (Å²) in [6.45, 7) is 0.412. The molecule has 0 bridgehead atoms. The molecule has 2 rings (SSSR count). The van der Waals surface area contributed by atoms with E-state index >= 15 is 0 Å². The Kier molecular flexibility index (Phi) is 6.85. The Morgan fingerprint density at radius 3 is 2.64 bits per heavy atom. The zero-order chi connectivity index (χ0) is 18.2. The van der Waals surface area contributed by atoms with Crippen LogP contribution in [0.15, 0.2) is 48.5 Å². The standard InChI is InChI=1S/C18H20F2N2O3/c1-22(18(24)21-17-8-7-14(19)9-16(17)20)10-15(23)12-25-11-13-5-3-2-4-6-13/h2-9,15,23H,10-12H2,1H3,(H,21,24). The van der Waals surface area contributed by atoms with Crippen molar-refractivity contribution in [3.8, 4) is 0 Å². The van der Waals surface area contributed by atoms with Crippen LogP contribution in [0, 0.1) is 11.6 Å². The number of carbonyl (C=O) groups excluding carboxylic acids is 1. The van der Waals surface area contributed by atoms with Gasteiger partial charge in [-0.25, -0.2) is 13.6 Å². The number of hydrogen-bond acceptors (Lipinski definition) is 3. The van der Waals surface area contributed by atoms with Gasteiger partial charge in [-0.05, 0) is 17.7 Å². The maximum atomic E-state index is 13.5. The molecule has 0 radical (unpaired) electrons. The fourth-order valence-corrected chi connectivity index (χ4v) is 2.14. The van der Waals surface area contributed by atoms with E-state index in [0.29, 0.717) is 12.7 Å². The monoisotopic (exact) mass is 350 g/mol. The third-order valence-corrected chi connectivity index (χ3v) is 3.43. The first-order valence-corrected chi connectivity index (χ1v) is 7.72. The summed E-state index contributed by atoms with van der Waals surface area (Å²) in [5.74, 6) is -1.59. The van der Waals surface area contributed by atoms with Crippen molar-refractivity contribution in [2.45, 2.75) is 12.7 Å². The number of hydrogen-bond donors (Lipinski definition) is 2. The highest BCUT2D eigenvalue weighted by Crippen LogP contribution is 2.15. The number of benzene rings is 2. The van der Waals surface area contributed by atoms with E-state index in [4.69, 9.17) is 4.74 Å². The number of amides is 2. The van der Waals surface area contributed by atoms with Gasteiger partial charge >= 0.3 is 6.03 Å². The summed E-state index contributed by atoms with van der Waals surface area (Å²) in [6, 6.07) is 11.7. The van der Waals surface area contributed by atoms with Gasteiger partial charge in [0.1, 0.15) is 11.6 Å². The van der Waals surface area contributed by atoms with E-state index in [1.54, 1.807) is 0 Å². The quantitative estimate of drug-likeness (QED) is 0.807. The number of nitrogens with zero attached hydrogens (tertiary/aromatic N) is 1. The van der Waals surface area contributed by atoms with Gasteiger partial charge < -0.3 is 20.1 Å². The van der Waals surface area contributed by atoms with Gasteiger partial charge in [-0.15, -0.1) is 0 Å². The van der Waals surface area contributed by atoms with Gasteiger partial charge in [-0.3, -0.25) is 0 Å². The molecule has 2 aromatic carbocycles. The third-order valence-electron chi connectivity index (χ3n) is 3.43. The summed E-state index contributed by atoms with van der Waals surface area (Å²) in [7, 11) is 1.46. The third kappa shape index (κ3) is 6.13. The Hall–Kier alpha value is -2.51. The average molecular weight is 350 g/mol. The van der Waals surface area contributed by atoms with Gasteiger partial charge in [0, 0.05) is 13.1 Å². The lowest BCUT2D eigenvalue weighted by Gasteiger charge is -2.21. The lowest BCUT2D eigenvalue weighted by atomic mass is 10.2. The fourth-order valence-electron chi connectivity index (χ4n) is 2.14. The summed E-state index contributed by atoms with van der Waals surface area (Å²) in [6.07, 6.45) is -0.891. The lowest BCUT2D eigenvalue weighted by molar-refractivity contribution is 0.0188. The minimum atomic E-state index is -0.891. The lowest BCUT2D eigenvalue weighted by Crippen LogP contribution is -2.39. The van der Waals surface area contributed by atoms with Gasteiger partial charge in [0.25, 0.3) is 0 Å². The summed E-state index contributed by atoms with van der Waals surface area (Å²) in [4.78, 5) is 13.2. The van der Waals surface area contributed by atoms with Crippen LogP contribution in [0.1, 0.15) is 5.56 Å². The highest BCUT2D eigenvalue weighted by Gasteiger charge is 2.15. The Bertz CT molecular complexity index is 698. The number of ether oxygens (including phenoxy) is 1. The van der Waals surface area contributed by atoms with Crippen molar-refractivity contribution in [3.05, 3.63) is 65.7 Å². The van der Waals surface area contributed by atoms with Crippen LogP contribution in [-0.2, 0) is 11.3 Å². The average Bonchev–Trinajstić information content (AvgIpc) is 2.58. The predicted molar refractivity (Wildman–Crippen MR) is 90.1 cm³/mol. The zero-order valence-electron chi connectivity index (χ0n) is 13.8. The van der Waals surface area contributed by atoms with E-state index in [-0.39, 0.29) is 18.8 Å². The Labute approximate surface area is 144 Å². The number of halogens is 2. The van der Waals surface area contributed by atoms with E-state index in [1.807, 2.05) is 30.3 Å². The number of rotatable bonds is 7. The molecule has 5 nitrogen and oxygen atoms in total.